The van der Waals surface area contributed by atoms with Gasteiger partial charge in [0.2, 0.25) is 0 Å². The maximum atomic E-state index is 13.1. The van der Waals surface area contributed by atoms with Crippen molar-refractivity contribution in [2.75, 3.05) is 0 Å². The standard InChI is InChI=1S/C32H50O4/c1-7-9-11-27(35)36-26-18-25-30(5)16-10-15-29(4,8-2)23(30)14-17-31(25,6)24-13-12-21(20(3)33)28-22(34)19-32(24,26)28/h12,22-26,28,34H,7-11,13-19H2,1-6H3. The first-order chi connectivity index (χ1) is 17.0. The average molecular weight is 499 g/mol. The highest BCUT2D eigenvalue weighted by Crippen LogP contribution is 2.76. The predicted octanol–water partition coefficient (Wildman–Crippen LogP) is 7.03. The number of hydrogen-bond acceptors (Lipinski definition) is 4. The van der Waals surface area contributed by atoms with E-state index in [0.717, 1.165) is 31.3 Å². The zero-order valence-corrected chi connectivity index (χ0v) is 23.7. The lowest BCUT2D eigenvalue weighted by atomic mass is 9.31. The zero-order valence-electron chi connectivity index (χ0n) is 23.7. The third kappa shape index (κ3) is 3.48. The van der Waals surface area contributed by atoms with Gasteiger partial charge >= 0.3 is 5.97 Å². The second-order valence-corrected chi connectivity index (χ2v) is 14.2. The largest absolute Gasteiger partial charge is 0.462 e. The molecule has 0 aromatic rings. The zero-order chi connectivity index (χ0) is 26.1. The Balaban J connectivity index is 1.59. The molecule has 4 nitrogen and oxygen atoms in total. The van der Waals surface area contributed by atoms with Crippen molar-refractivity contribution in [3.05, 3.63) is 11.6 Å². The minimum absolute atomic E-state index is 0.0709. The molecule has 4 heteroatoms. The second kappa shape index (κ2) is 8.95. The Kier molecular flexibility index (Phi) is 6.58. The number of carbonyl (C=O) groups excluding carboxylic acids is 2. The molecule has 0 bridgehead atoms. The molecule has 5 rings (SSSR count). The summed E-state index contributed by atoms with van der Waals surface area (Å²) in [6, 6.07) is 0. The molecule has 0 saturated heterocycles. The van der Waals surface area contributed by atoms with Gasteiger partial charge in [0.25, 0.3) is 0 Å². The van der Waals surface area contributed by atoms with Crippen LogP contribution in [0.15, 0.2) is 11.6 Å². The van der Waals surface area contributed by atoms with Gasteiger partial charge in [0.15, 0.2) is 5.78 Å². The quantitative estimate of drug-likeness (QED) is 0.399. The minimum atomic E-state index is -0.509. The molecule has 4 saturated carbocycles. The van der Waals surface area contributed by atoms with Gasteiger partial charge in [0, 0.05) is 17.8 Å². The number of aliphatic hydroxyl groups is 1. The maximum absolute atomic E-state index is 13.1. The molecule has 0 aromatic heterocycles. The van der Waals surface area contributed by atoms with Crippen LogP contribution in [0.5, 0.6) is 0 Å². The molecule has 0 aliphatic heterocycles. The topological polar surface area (TPSA) is 63.6 Å². The highest BCUT2D eigenvalue weighted by Gasteiger charge is 2.74. The SMILES string of the molecule is CCCCC(=O)OC1CC2C3(C)CCCC(C)(CC)C3CCC2(C)C2CC=C(C(C)=O)C3C(O)CC132. The maximum Gasteiger partial charge on any atom is 0.306 e. The van der Waals surface area contributed by atoms with E-state index in [0.29, 0.717) is 36.0 Å². The molecule has 1 spiro atoms. The van der Waals surface area contributed by atoms with E-state index in [1.165, 1.54) is 38.5 Å². The second-order valence-electron chi connectivity index (χ2n) is 14.2. The first-order valence-electron chi connectivity index (χ1n) is 15.1. The Hall–Kier alpha value is -1.16. The number of ether oxygens (including phenoxy) is 1. The van der Waals surface area contributed by atoms with Crippen LogP contribution in [0.25, 0.3) is 0 Å². The smallest absolute Gasteiger partial charge is 0.306 e. The molecule has 202 valence electrons. The van der Waals surface area contributed by atoms with E-state index in [1.807, 2.05) is 0 Å². The summed E-state index contributed by atoms with van der Waals surface area (Å²) in [4.78, 5) is 25.8. The number of Topliss-reactive ketones (excluding diaryl/α,β-unsaturated/α-hetero) is 1. The van der Waals surface area contributed by atoms with Gasteiger partial charge in [-0.2, -0.15) is 0 Å². The van der Waals surface area contributed by atoms with Gasteiger partial charge in [-0.15, -0.1) is 0 Å². The number of hydrogen-bond donors (Lipinski definition) is 1. The van der Waals surface area contributed by atoms with Crippen LogP contribution in [0.1, 0.15) is 119 Å². The van der Waals surface area contributed by atoms with Crippen molar-refractivity contribution in [1.29, 1.82) is 0 Å². The molecule has 10 atom stereocenters. The first-order valence-corrected chi connectivity index (χ1v) is 15.1. The molecular weight excluding hydrogens is 448 g/mol. The Morgan fingerprint density at radius 1 is 1.06 bits per heavy atom. The van der Waals surface area contributed by atoms with Crippen LogP contribution in [-0.4, -0.2) is 29.1 Å². The summed E-state index contributed by atoms with van der Waals surface area (Å²) in [5.41, 5.74) is 1.27. The number of ketones is 1. The molecule has 4 fully saturated rings. The summed E-state index contributed by atoms with van der Waals surface area (Å²) in [5, 5.41) is 11.1. The van der Waals surface area contributed by atoms with E-state index in [1.54, 1.807) is 6.92 Å². The van der Waals surface area contributed by atoms with Crippen LogP contribution < -0.4 is 0 Å². The Bertz CT molecular complexity index is 938. The average Bonchev–Trinajstić information content (AvgIpc) is 2.82. The van der Waals surface area contributed by atoms with Crippen LogP contribution in [-0.2, 0) is 14.3 Å². The van der Waals surface area contributed by atoms with Gasteiger partial charge in [0.1, 0.15) is 6.10 Å². The molecule has 36 heavy (non-hydrogen) atoms. The predicted molar refractivity (Wildman–Crippen MR) is 142 cm³/mol. The number of unbranched alkanes of at least 4 members (excludes halogenated alkanes) is 1. The third-order valence-electron chi connectivity index (χ3n) is 12.8. The molecule has 1 N–H and O–H groups in total. The van der Waals surface area contributed by atoms with Crippen molar-refractivity contribution in [1.82, 2.24) is 0 Å². The van der Waals surface area contributed by atoms with Gasteiger partial charge in [-0.3, -0.25) is 9.59 Å². The lowest BCUT2D eigenvalue weighted by Gasteiger charge is -2.74. The minimum Gasteiger partial charge on any atom is -0.462 e. The van der Waals surface area contributed by atoms with Gasteiger partial charge in [0.05, 0.1) is 6.10 Å². The molecule has 0 aromatic carbocycles. The first kappa shape index (κ1) is 26.4. The highest BCUT2D eigenvalue weighted by molar-refractivity contribution is 5.94. The summed E-state index contributed by atoms with van der Waals surface area (Å²) in [6.07, 6.45) is 13.8. The van der Waals surface area contributed by atoms with E-state index < -0.39 is 6.10 Å². The lowest BCUT2D eigenvalue weighted by Crippen LogP contribution is -2.73. The van der Waals surface area contributed by atoms with Crippen molar-refractivity contribution in [3.8, 4) is 0 Å². The van der Waals surface area contributed by atoms with Crippen LogP contribution in [0.3, 0.4) is 0 Å². The van der Waals surface area contributed by atoms with Crippen LogP contribution in [0.4, 0.5) is 0 Å². The molecular formula is C32H50O4. The fourth-order valence-electron chi connectivity index (χ4n) is 11.1. The number of aliphatic hydroxyl groups excluding tert-OH is 1. The number of allylic oxidation sites excluding steroid dienone is 1. The van der Waals surface area contributed by atoms with E-state index in [-0.39, 0.29) is 40.0 Å². The number of rotatable bonds is 6. The summed E-state index contributed by atoms with van der Waals surface area (Å²) < 4.78 is 6.47. The normalized spacial score (nSPS) is 49.4. The van der Waals surface area contributed by atoms with Crippen LogP contribution in [0, 0.1) is 45.3 Å². The molecule has 0 heterocycles. The number of carbonyl (C=O) groups is 2. The van der Waals surface area contributed by atoms with Gasteiger partial charge in [-0.25, -0.2) is 0 Å². The van der Waals surface area contributed by atoms with E-state index in [9.17, 15) is 14.7 Å². The van der Waals surface area contributed by atoms with E-state index in [2.05, 4.69) is 40.7 Å². The monoisotopic (exact) mass is 498 g/mol. The van der Waals surface area contributed by atoms with Gasteiger partial charge in [-0.05, 0) is 97.9 Å². The molecule has 0 radical (unpaired) electrons. The van der Waals surface area contributed by atoms with Crippen molar-refractivity contribution >= 4 is 11.8 Å². The van der Waals surface area contributed by atoms with Crippen molar-refractivity contribution in [3.63, 3.8) is 0 Å². The van der Waals surface area contributed by atoms with Crippen LogP contribution >= 0.6 is 0 Å². The Morgan fingerprint density at radius 2 is 1.78 bits per heavy atom. The van der Waals surface area contributed by atoms with E-state index >= 15 is 0 Å². The third-order valence-corrected chi connectivity index (χ3v) is 12.8. The summed E-state index contributed by atoms with van der Waals surface area (Å²) in [5.74, 6) is 1.35. The fraction of sp³-hybridized carbons (Fsp3) is 0.875. The number of esters is 1. The van der Waals surface area contributed by atoms with Crippen LogP contribution in [0.2, 0.25) is 0 Å². The Labute approximate surface area is 219 Å². The molecule has 5 aliphatic rings. The summed E-state index contributed by atoms with van der Waals surface area (Å²) in [7, 11) is 0. The van der Waals surface area contributed by atoms with Gasteiger partial charge < -0.3 is 9.84 Å². The lowest BCUT2D eigenvalue weighted by molar-refractivity contribution is -0.288. The number of fused-ring (bicyclic) bond motifs is 4. The molecule has 0 amide bonds. The molecule has 5 aliphatic carbocycles. The van der Waals surface area contributed by atoms with Gasteiger partial charge in [-0.1, -0.05) is 60.0 Å². The Morgan fingerprint density at radius 3 is 2.42 bits per heavy atom. The van der Waals surface area contributed by atoms with Crippen molar-refractivity contribution in [2.45, 2.75) is 131 Å². The van der Waals surface area contributed by atoms with Crippen molar-refractivity contribution in [2.24, 2.45) is 45.3 Å². The fourth-order valence-corrected chi connectivity index (χ4v) is 11.1. The highest BCUT2D eigenvalue weighted by atomic mass is 16.5. The summed E-state index contributed by atoms with van der Waals surface area (Å²) >= 11 is 0. The molecule has 10 unspecified atom stereocenters. The van der Waals surface area contributed by atoms with Crippen molar-refractivity contribution < 1.29 is 19.4 Å². The summed E-state index contributed by atoms with van der Waals surface area (Å²) in [6.45, 7) is 13.8. The van der Waals surface area contributed by atoms with E-state index in [4.69, 9.17) is 4.74 Å².